The van der Waals surface area contributed by atoms with Crippen LogP contribution in [-0.4, -0.2) is 30.5 Å². The van der Waals surface area contributed by atoms with Gasteiger partial charge in [-0.3, -0.25) is 10.1 Å². The van der Waals surface area contributed by atoms with Crippen molar-refractivity contribution in [3.8, 4) is 5.75 Å². The Morgan fingerprint density at radius 1 is 1.47 bits per heavy atom. The quantitative estimate of drug-likeness (QED) is 0.796. The van der Waals surface area contributed by atoms with Crippen LogP contribution in [0.1, 0.15) is 25.1 Å². The number of carbonyl (C=O) groups is 1. The van der Waals surface area contributed by atoms with Crippen molar-refractivity contribution in [2.45, 2.75) is 19.5 Å². The number of hydrogen-bond acceptors (Lipinski definition) is 3. The molecule has 0 aliphatic carbocycles. The summed E-state index contributed by atoms with van der Waals surface area (Å²) < 4.78 is 5.45. The van der Waals surface area contributed by atoms with Gasteiger partial charge < -0.3 is 9.64 Å². The van der Waals surface area contributed by atoms with Crippen molar-refractivity contribution in [2.24, 2.45) is 0 Å². The third kappa shape index (κ3) is 3.15. The molecule has 2 rings (SSSR count). The maximum Gasteiger partial charge on any atom is 0.238 e. The number of nitrogens with zero attached hydrogens (tertiary/aromatic N) is 1. The molecule has 0 saturated carbocycles. The van der Waals surface area contributed by atoms with Crippen LogP contribution in [0.4, 0.5) is 0 Å². The molecule has 19 heavy (non-hydrogen) atoms. The minimum Gasteiger partial charge on any atom is -0.490 e. The van der Waals surface area contributed by atoms with Gasteiger partial charge in [0, 0.05) is 6.54 Å². The van der Waals surface area contributed by atoms with E-state index in [-0.39, 0.29) is 12.1 Å². The zero-order valence-corrected chi connectivity index (χ0v) is 11.3. The molecule has 0 aromatic heterocycles. The van der Waals surface area contributed by atoms with Gasteiger partial charge >= 0.3 is 0 Å². The number of ether oxygens (including phenoxy) is 1. The van der Waals surface area contributed by atoms with Gasteiger partial charge in [0.2, 0.25) is 5.91 Å². The number of benzene rings is 1. The Kier molecular flexibility index (Phi) is 4.58. The first-order valence-electron chi connectivity index (χ1n) is 6.62. The van der Waals surface area contributed by atoms with Crippen molar-refractivity contribution in [3.63, 3.8) is 0 Å². The number of carbonyl (C=O) groups excluding carboxylic acids is 1. The Morgan fingerprint density at radius 2 is 2.21 bits per heavy atom. The van der Waals surface area contributed by atoms with Crippen molar-refractivity contribution in [1.82, 2.24) is 10.2 Å². The number of nitrogens with one attached hydrogen (secondary N) is 1. The predicted molar refractivity (Wildman–Crippen MR) is 74.9 cm³/mol. The van der Waals surface area contributed by atoms with E-state index in [1.54, 1.807) is 6.08 Å². The molecular formula is C15H20N2O2. The first-order valence-corrected chi connectivity index (χ1v) is 6.62. The van der Waals surface area contributed by atoms with E-state index in [2.05, 4.69) is 18.8 Å². The number of hydrogen-bond donors (Lipinski definition) is 1. The van der Waals surface area contributed by atoms with Crippen LogP contribution in [0.3, 0.4) is 0 Å². The van der Waals surface area contributed by atoms with E-state index in [1.807, 2.05) is 29.2 Å². The van der Waals surface area contributed by atoms with Crippen molar-refractivity contribution < 1.29 is 9.53 Å². The molecule has 1 atom stereocenters. The number of rotatable bonds is 6. The van der Waals surface area contributed by atoms with Crippen molar-refractivity contribution in [2.75, 3.05) is 19.7 Å². The van der Waals surface area contributed by atoms with Crippen LogP contribution < -0.4 is 10.1 Å². The summed E-state index contributed by atoms with van der Waals surface area (Å²) in [7, 11) is 0. The molecule has 0 spiro atoms. The molecule has 0 bridgehead atoms. The third-order valence-corrected chi connectivity index (χ3v) is 3.11. The summed E-state index contributed by atoms with van der Waals surface area (Å²) in [6.45, 7) is 7.39. The monoisotopic (exact) mass is 260 g/mol. The fraction of sp³-hybridized carbons (Fsp3) is 0.400. The summed E-state index contributed by atoms with van der Waals surface area (Å²) in [6.07, 6.45) is 2.67. The average Bonchev–Trinajstić information content (AvgIpc) is 2.79. The molecule has 0 radical (unpaired) electrons. The van der Waals surface area contributed by atoms with Gasteiger partial charge in [0.15, 0.2) is 0 Å². The van der Waals surface area contributed by atoms with Crippen LogP contribution in [0.2, 0.25) is 0 Å². The molecule has 1 fully saturated rings. The first-order chi connectivity index (χ1) is 9.26. The smallest absolute Gasteiger partial charge is 0.238 e. The van der Waals surface area contributed by atoms with Gasteiger partial charge in [-0.1, -0.05) is 31.7 Å². The standard InChI is InChI=1S/C15H20N2O2/c1-3-9-17-14(18)11-16-15(17)12-5-7-13(8-6-12)19-10-4-2/h4-8,15-16H,2-3,9-11H2,1H3. The van der Waals surface area contributed by atoms with Gasteiger partial charge in [0.25, 0.3) is 0 Å². The van der Waals surface area contributed by atoms with Crippen LogP contribution in [-0.2, 0) is 4.79 Å². The SMILES string of the molecule is C=CCOc1ccc(C2NCC(=O)N2CCC)cc1. The van der Waals surface area contributed by atoms with E-state index in [0.717, 1.165) is 24.3 Å². The average molecular weight is 260 g/mol. The van der Waals surface area contributed by atoms with E-state index in [4.69, 9.17) is 4.74 Å². The predicted octanol–water partition coefficient (Wildman–Crippen LogP) is 2.09. The molecule has 1 amide bonds. The molecule has 102 valence electrons. The number of amides is 1. The van der Waals surface area contributed by atoms with E-state index >= 15 is 0 Å². The molecule has 1 saturated heterocycles. The molecule has 4 heteroatoms. The van der Waals surface area contributed by atoms with Gasteiger partial charge in [-0.05, 0) is 24.1 Å². The van der Waals surface area contributed by atoms with E-state index in [0.29, 0.717) is 13.2 Å². The highest BCUT2D eigenvalue weighted by Gasteiger charge is 2.30. The summed E-state index contributed by atoms with van der Waals surface area (Å²) in [6, 6.07) is 7.84. The fourth-order valence-corrected chi connectivity index (χ4v) is 2.23. The van der Waals surface area contributed by atoms with E-state index in [1.165, 1.54) is 0 Å². The zero-order valence-electron chi connectivity index (χ0n) is 11.3. The summed E-state index contributed by atoms with van der Waals surface area (Å²) in [4.78, 5) is 13.7. The van der Waals surface area contributed by atoms with Crippen LogP contribution in [0.5, 0.6) is 5.75 Å². The molecular weight excluding hydrogens is 240 g/mol. The molecule has 1 aliphatic rings. The second-order valence-electron chi connectivity index (χ2n) is 4.54. The third-order valence-electron chi connectivity index (χ3n) is 3.11. The highest BCUT2D eigenvalue weighted by Crippen LogP contribution is 2.24. The highest BCUT2D eigenvalue weighted by molar-refractivity contribution is 5.80. The van der Waals surface area contributed by atoms with Crippen LogP contribution in [0.15, 0.2) is 36.9 Å². The van der Waals surface area contributed by atoms with Crippen LogP contribution >= 0.6 is 0 Å². The Morgan fingerprint density at radius 3 is 2.84 bits per heavy atom. The van der Waals surface area contributed by atoms with Crippen molar-refractivity contribution in [3.05, 3.63) is 42.5 Å². The Bertz CT molecular complexity index is 442. The molecule has 1 N–H and O–H groups in total. The zero-order chi connectivity index (χ0) is 13.7. The summed E-state index contributed by atoms with van der Waals surface area (Å²) >= 11 is 0. The second-order valence-corrected chi connectivity index (χ2v) is 4.54. The summed E-state index contributed by atoms with van der Waals surface area (Å²) in [5.41, 5.74) is 1.09. The van der Waals surface area contributed by atoms with Crippen molar-refractivity contribution >= 4 is 5.91 Å². The van der Waals surface area contributed by atoms with Gasteiger partial charge in [-0.25, -0.2) is 0 Å². The van der Waals surface area contributed by atoms with Crippen LogP contribution in [0, 0.1) is 0 Å². The molecule has 4 nitrogen and oxygen atoms in total. The van der Waals surface area contributed by atoms with Gasteiger partial charge in [-0.2, -0.15) is 0 Å². The topological polar surface area (TPSA) is 41.6 Å². The maximum absolute atomic E-state index is 11.8. The molecule has 1 heterocycles. The minimum atomic E-state index is -0.0131. The lowest BCUT2D eigenvalue weighted by atomic mass is 10.1. The van der Waals surface area contributed by atoms with Crippen LogP contribution in [0.25, 0.3) is 0 Å². The van der Waals surface area contributed by atoms with Gasteiger partial charge in [0.1, 0.15) is 18.5 Å². The molecule has 1 unspecified atom stereocenters. The lowest BCUT2D eigenvalue weighted by molar-refractivity contribution is -0.128. The van der Waals surface area contributed by atoms with E-state index in [9.17, 15) is 4.79 Å². The van der Waals surface area contributed by atoms with E-state index < -0.39 is 0 Å². The lowest BCUT2D eigenvalue weighted by Crippen LogP contribution is -2.30. The first kappa shape index (κ1) is 13.6. The maximum atomic E-state index is 11.8. The minimum absolute atomic E-state index is 0.0131. The Hall–Kier alpha value is -1.81. The van der Waals surface area contributed by atoms with Gasteiger partial charge in [0.05, 0.1) is 6.54 Å². The molecule has 1 aromatic carbocycles. The lowest BCUT2D eigenvalue weighted by Gasteiger charge is -2.24. The highest BCUT2D eigenvalue weighted by atomic mass is 16.5. The second kappa shape index (κ2) is 6.38. The Balaban J connectivity index is 2.08. The summed E-state index contributed by atoms with van der Waals surface area (Å²) in [5, 5.41) is 3.24. The largest absolute Gasteiger partial charge is 0.490 e. The normalized spacial score (nSPS) is 18.7. The fourth-order valence-electron chi connectivity index (χ4n) is 2.23. The van der Waals surface area contributed by atoms with Crippen molar-refractivity contribution in [1.29, 1.82) is 0 Å². The molecule has 1 aliphatic heterocycles. The van der Waals surface area contributed by atoms with Gasteiger partial charge in [-0.15, -0.1) is 0 Å². The molecule has 1 aromatic rings. The summed E-state index contributed by atoms with van der Waals surface area (Å²) in [5.74, 6) is 0.980. The Labute approximate surface area is 114 Å².